The molecule has 3 aromatic rings. The first kappa shape index (κ1) is 20.7. The Hall–Kier alpha value is -1.53. The van der Waals surface area contributed by atoms with E-state index in [0.717, 1.165) is 52.7 Å². The van der Waals surface area contributed by atoms with E-state index in [1.54, 1.807) is 6.07 Å². The van der Waals surface area contributed by atoms with Crippen LogP contribution in [0.1, 0.15) is 28.8 Å². The highest BCUT2D eigenvalue weighted by Crippen LogP contribution is 2.35. The lowest BCUT2D eigenvalue weighted by atomic mass is 10.0. The van der Waals surface area contributed by atoms with Crippen LogP contribution in [0.4, 0.5) is 11.5 Å². The second kappa shape index (κ2) is 8.31. The number of fused-ring (bicyclic) bond motifs is 1. The molecule has 4 nitrogen and oxygen atoms in total. The molecule has 1 aliphatic heterocycles. The van der Waals surface area contributed by atoms with Crippen LogP contribution in [0.5, 0.6) is 0 Å². The number of anilines is 2. The quantitative estimate of drug-likeness (QED) is 0.379. The molecule has 0 saturated carbocycles. The predicted molar refractivity (Wildman–Crippen MR) is 125 cm³/mol. The molecule has 150 valence electrons. The number of rotatable bonds is 3. The number of amides is 1. The zero-order valence-electron chi connectivity index (χ0n) is 15.5. The third kappa shape index (κ3) is 4.06. The Morgan fingerprint density at radius 1 is 1.07 bits per heavy atom. The van der Waals surface area contributed by atoms with Crippen LogP contribution in [0.3, 0.4) is 0 Å². The zero-order valence-corrected chi connectivity index (χ0v) is 19.4. The van der Waals surface area contributed by atoms with Crippen molar-refractivity contribution >= 4 is 79.0 Å². The summed E-state index contributed by atoms with van der Waals surface area (Å²) in [5.41, 5.74) is 2.59. The lowest BCUT2D eigenvalue weighted by Crippen LogP contribution is -2.23. The third-order valence-corrected chi connectivity index (χ3v) is 6.58. The molecule has 1 fully saturated rings. The van der Waals surface area contributed by atoms with Gasteiger partial charge in [0.1, 0.15) is 5.82 Å². The van der Waals surface area contributed by atoms with Crippen LogP contribution in [0.2, 0.25) is 15.1 Å². The predicted octanol–water partition coefficient (Wildman–Crippen LogP) is 7.12. The molecule has 0 aliphatic carbocycles. The van der Waals surface area contributed by atoms with E-state index in [9.17, 15) is 4.79 Å². The van der Waals surface area contributed by atoms with Crippen LogP contribution in [0.25, 0.3) is 10.9 Å². The summed E-state index contributed by atoms with van der Waals surface area (Å²) in [6.07, 6.45) is 2.25. The van der Waals surface area contributed by atoms with Gasteiger partial charge in [-0.1, -0.05) is 50.7 Å². The van der Waals surface area contributed by atoms with E-state index in [1.807, 2.05) is 25.1 Å². The minimum Gasteiger partial charge on any atom is -0.356 e. The van der Waals surface area contributed by atoms with Gasteiger partial charge in [0.05, 0.1) is 31.8 Å². The molecule has 8 heteroatoms. The Morgan fingerprint density at radius 2 is 1.76 bits per heavy atom. The van der Waals surface area contributed by atoms with Crippen molar-refractivity contribution in [3.63, 3.8) is 0 Å². The lowest BCUT2D eigenvalue weighted by molar-refractivity contribution is 0.102. The molecule has 1 N–H and O–H groups in total. The summed E-state index contributed by atoms with van der Waals surface area (Å²) >= 11 is 21.9. The Balaban J connectivity index is 1.84. The highest BCUT2D eigenvalue weighted by Gasteiger charge is 2.24. The summed E-state index contributed by atoms with van der Waals surface area (Å²) in [4.78, 5) is 20.5. The first-order chi connectivity index (χ1) is 13.8. The largest absolute Gasteiger partial charge is 0.356 e. The Kier molecular flexibility index (Phi) is 5.94. The van der Waals surface area contributed by atoms with E-state index in [4.69, 9.17) is 39.8 Å². The summed E-state index contributed by atoms with van der Waals surface area (Å²) in [7, 11) is 0. The Bertz CT molecular complexity index is 1130. The number of nitrogens with one attached hydrogen (secondary N) is 1. The molecule has 1 aliphatic rings. The summed E-state index contributed by atoms with van der Waals surface area (Å²) in [6, 6.07) is 8.83. The number of carbonyl (C=O) groups is 1. The summed E-state index contributed by atoms with van der Waals surface area (Å²) in [6.45, 7) is 3.82. The molecule has 2 heterocycles. The standard InChI is InChI=1S/C21H17BrCl3N3O/c1-11-19(21(29)27-18-10-15(24)14(23)9-16(18)25)13-8-12(22)4-5-17(13)26-20(11)28-6-2-3-7-28/h4-5,8-10H,2-3,6-7H2,1H3,(H,27,29). The maximum absolute atomic E-state index is 13.4. The lowest BCUT2D eigenvalue weighted by Gasteiger charge is -2.22. The van der Waals surface area contributed by atoms with Crippen molar-refractivity contribution in [3.8, 4) is 0 Å². The van der Waals surface area contributed by atoms with Gasteiger partial charge < -0.3 is 10.2 Å². The minimum absolute atomic E-state index is 0.270. The van der Waals surface area contributed by atoms with Crippen LogP contribution in [0, 0.1) is 6.92 Å². The number of halogens is 4. The molecule has 2 aromatic carbocycles. The van der Waals surface area contributed by atoms with Crippen molar-refractivity contribution < 1.29 is 4.79 Å². The van der Waals surface area contributed by atoms with Crippen LogP contribution in [0.15, 0.2) is 34.8 Å². The smallest absolute Gasteiger partial charge is 0.256 e. The molecule has 0 unspecified atom stereocenters. The van der Waals surface area contributed by atoms with Crippen molar-refractivity contribution in [1.29, 1.82) is 0 Å². The number of hydrogen-bond acceptors (Lipinski definition) is 3. The fraction of sp³-hybridized carbons (Fsp3) is 0.238. The fourth-order valence-electron chi connectivity index (χ4n) is 3.65. The summed E-state index contributed by atoms with van der Waals surface area (Å²) in [5.74, 6) is 0.580. The molecule has 0 bridgehead atoms. The topological polar surface area (TPSA) is 45.2 Å². The average Bonchev–Trinajstić information content (AvgIpc) is 3.20. The number of nitrogens with zero attached hydrogens (tertiary/aromatic N) is 2. The van der Waals surface area contributed by atoms with Gasteiger partial charge >= 0.3 is 0 Å². The molecule has 1 amide bonds. The van der Waals surface area contributed by atoms with Gasteiger partial charge in [0.25, 0.3) is 5.91 Å². The molecular formula is C21H17BrCl3N3O. The second-order valence-electron chi connectivity index (χ2n) is 6.99. The highest BCUT2D eigenvalue weighted by atomic mass is 79.9. The molecule has 1 aromatic heterocycles. The molecule has 0 atom stereocenters. The average molecular weight is 514 g/mol. The first-order valence-corrected chi connectivity index (χ1v) is 11.1. The van der Waals surface area contributed by atoms with Crippen LogP contribution in [-0.4, -0.2) is 24.0 Å². The normalized spacial score (nSPS) is 13.9. The Labute approximate surface area is 192 Å². The number of hydrogen-bond donors (Lipinski definition) is 1. The van der Waals surface area contributed by atoms with Gasteiger partial charge in [-0.3, -0.25) is 4.79 Å². The SMILES string of the molecule is Cc1c(N2CCCC2)nc2ccc(Br)cc2c1C(=O)Nc1cc(Cl)c(Cl)cc1Cl. The van der Waals surface area contributed by atoms with Crippen LogP contribution < -0.4 is 10.2 Å². The van der Waals surface area contributed by atoms with Gasteiger partial charge in [-0.15, -0.1) is 0 Å². The van der Waals surface area contributed by atoms with E-state index in [-0.39, 0.29) is 5.91 Å². The van der Waals surface area contributed by atoms with E-state index >= 15 is 0 Å². The van der Waals surface area contributed by atoms with Gasteiger partial charge in [0, 0.05) is 28.5 Å². The summed E-state index contributed by atoms with van der Waals surface area (Å²) in [5, 5.41) is 4.64. The van der Waals surface area contributed by atoms with Crippen molar-refractivity contribution in [2.24, 2.45) is 0 Å². The maximum atomic E-state index is 13.4. The van der Waals surface area contributed by atoms with Gasteiger partial charge in [-0.05, 0) is 50.1 Å². The Morgan fingerprint density at radius 3 is 2.48 bits per heavy atom. The zero-order chi connectivity index (χ0) is 20.7. The fourth-order valence-corrected chi connectivity index (χ4v) is 4.61. The monoisotopic (exact) mass is 511 g/mol. The van der Waals surface area contributed by atoms with Gasteiger partial charge in [0.15, 0.2) is 0 Å². The number of pyridine rings is 1. The molecular weight excluding hydrogens is 497 g/mol. The van der Waals surface area contributed by atoms with Gasteiger partial charge in [-0.25, -0.2) is 4.98 Å². The highest BCUT2D eigenvalue weighted by molar-refractivity contribution is 9.10. The first-order valence-electron chi connectivity index (χ1n) is 9.16. The van der Waals surface area contributed by atoms with Crippen molar-refractivity contribution in [2.75, 3.05) is 23.3 Å². The van der Waals surface area contributed by atoms with Crippen molar-refractivity contribution in [1.82, 2.24) is 4.98 Å². The van der Waals surface area contributed by atoms with Gasteiger partial charge in [0.2, 0.25) is 0 Å². The molecule has 29 heavy (non-hydrogen) atoms. The molecule has 0 spiro atoms. The molecule has 4 rings (SSSR count). The van der Waals surface area contributed by atoms with E-state index in [2.05, 4.69) is 26.1 Å². The van der Waals surface area contributed by atoms with Crippen LogP contribution >= 0.6 is 50.7 Å². The third-order valence-electron chi connectivity index (χ3n) is 5.06. The van der Waals surface area contributed by atoms with Crippen molar-refractivity contribution in [2.45, 2.75) is 19.8 Å². The minimum atomic E-state index is -0.270. The molecule has 1 saturated heterocycles. The van der Waals surface area contributed by atoms with Crippen LogP contribution in [-0.2, 0) is 0 Å². The van der Waals surface area contributed by atoms with E-state index < -0.39 is 0 Å². The van der Waals surface area contributed by atoms with Crippen molar-refractivity contribution in [3.05, 3.63) is 61.0 Å². The number of carbonyl (C=O) groups excluding carboxylic acids is 1. The number of aromatic nitrogens is 1. The maximum Gasteiger partial charge on any atom is 0.256 e. The molecule has 0 radical (unpaired) electrons. The van der Waals surface area contributed by atoms with Gasteiger partial charge in [-0.2, -0.15) is 0 Å². The second-order valence-corrected chi connectivity index (χ2v) is 9.13. The van der Waals surface area contributed by atoms with E-state index in [0.29, 0.717) is 26.3 Å². The van der Waals surface area contributed by atoms with E-state index in [1.165, 1.54) is 6.07 Å². The summed E-state index contributed by atoms with van der Waals surface area (Å²) < 4.78 is 0.877. The number of benzene rings is 2.